The molecule has 1 aromatic heterocycles. The molecule has 0 saturated heterocycles. The molecule has 0 saturated carbocycles. The molecule has 0 aliphatic heterocycles. The summed E-state index contributed by atoms with van der Waals surface area (Å²) in [7, 11) is 0. The molecule has 1 heterocycles. The summed E-state index contributed by atoms with van der Waals surface area (Å²) in [5.74, 6) is -0.144. The van der Waals surface area contributed by atoms with Gasteiger partial charge in [-0.05, 0) is 36.2 Å². The van der Waals surface area contributed by atoms with Crippen molar-refractivity contribution >= 4 is 29.2 Å². The molecule has 0 unspecified atom stereocenters. The number of rotatable bonds is 2. The number of benzene rings is 1. The molecular formula is C10H9ClFN5. The molecule has 0 fully saturated rings. The van der Waals surface area contributed by atoms with E-state index in [0.717, 1.165) is 0 Å². The van der Waals surface area contributed by atoms with Gasteiger partial charge in [-0.2, -0.15) is 15.0 Å². The highest BCUT2D eigenvalue weighted by Gasteiger charge is 2.04. The minimum atomic E-state index is -0.317. The average Bonchev–Trinajstić information content (AvgIpc) is 2.22. The largest absolute Gasteiger partial charge is 0.368 e. The molecule has 0 atom stereocenters. The van der Waals surface area contributed by atoms with Crippen molar-refractivity contribution in [2.45, 2.75) is 6.92 Å². The number of nitrogens with one attached hydrogen (secondary N) is 1. The Balaban J connectivity index is 2.28. The van der Waals surface area contributed by atoms with Crippen LogP contribution in [0.25, 0.3) is 0 Å². The maximum absolute atomic E-state index is 13.3. The van der Waals surface area contributed by atoms with Crippen molar-refractivity contribution in [1.82, 2.24) is 15.0 Å². The Morgan fingerprint density at radius 3 is 2.71 bits per heavy atom. The van der Waals surface area contributed by atoms with E-state index in [0.29, 0.717) is 11.3 Å². The van der Waals surface area contributed by atoms with Crippen LogP contribution in [0.4, 0.5) is 22.0 Å². The number of aryl methyl sites for hydroxylation is 1. The molecule has 0 spiro atoms. The molecule has 1 aromatic carbocycles. The molecular weight excluding hydrogens is 245 g/mol. The Bertz CT molecular complexity index is 540. The Morgan fingerprint density at radius 1 is 1.29 bits per heavy atom. The highest BCUT2D eigenvalue weighted by atomic mass is 35.5. The number of aromatic nitrogens is 3. The summed E-state index contributed by atoms with van der Waals surface area (Å²) in [6, 6.07) is 4.68. The zero-order valence-electron chi connectivity index (χ0n) is 8.91. The molecule has 2 aromatic rings. The minimum Gasteiger partial charge on any atom is -0.368 e. The van der Waals surface area contributed by atoms with Gasteiger partial charge in [-0.25, -0.2) is 4.39 Å². The second kappa shape index (κ2) is 4.50. The van der Waals surface area contributed by atoms with Crippen LogP contribution >= 0.6 is 11.6 Å². The summed E-state index contributed by atoms with van der Waals surface area (Å²) >= 11 is 5.62. The standard InChI is InChI=1S/C10H9ClFN5/c1-5-2-3-6(4-7(5)12)14-10-16-8(11)15-9(13)17-10/h2-4H,1H3,(H3,13,14,15,16,17). The highest BCUT2D eigenvalue weighted by molar-refractivity contribution is 6.28. The first kappa shape index (κ1) is 11.5. The van der Waals surface area contributed by atoms with Crippen molar-refractivity contribution in [2.24, 2.45) is 0 Å². The predicted octanol–water partition coefficient (Wildman–Crippen LogP) is 2.30. The fourth-order valence-corrected chi connectivity index (χ4v) is 1.39. The lowest BCUT2D eigenvalue weighted by molar-refractivity contribution is 0.619. The van der Waals surface area contributed by atoms with Gasteiger partial charge in [-0.15, -0.1) is 0 Å². The van der Waals surface area contributed by atoms with Gasteiger partial charge in [0.2, 0.25) is 17.2 Å². The zero-order chi connectivity index (χ0) is 12.4. The van der Waals surface area contributed by atoms with Gasteiger partial charge < -0.3 is 11.1 Å². The quantitative estimate of drug-likeness (QED) is 0.859. The lowest BCUT2D eigenvalue weighted by Gasteiger charge is -2.06. The van der Waals surface area contributed by atoms with E-state index in [2.05, 4.69) is 20.3 Å². The Morgan fingerprint density at radius 2 is 2.06 bits per heavy atom. The first-order valence-electron chi connectivity index (χ1n) is 4.75. The summed E-state index contributed by atoms with van der Waals surface area (Å²) in [6.45, 7) is 1.68. The Hall–Kier alpha value is -1.95. The fraction of sp³-hybridized carbons (Fsp3) is 0.100. The van der Waals surface area contributed by atoms with Crippen LogP contribution in [-0.4, -0.2) is 15.0 Å². The van der Waals surface area contributed by atoms with Crippen LogP contribution in [0.3, 0.4) is 0 Å². The molecule has 88 valence electrons. The van der Waals surface area contributed by atoms with Gasteiger partial charge in [0, 0.05) is 5.69 Å². The summed E-state index contributed by atoms with van der Waals surface area (Å²) in [5, 5.41) is 2.77. The summed E-state index contributed by atoms with van der Waals surface area (Å²) in [4.78, 5) is 11.2. The summed E-state index contributed by atoms with van der Waals surface area (Å²) in [5.41, 5.74) is 6.47. The Labute approximate surface area is 102 Å². The van der Waals surface area contributed by atoms with Gasteiger partial charge in [0.15, 0.2) is 0 Å². The second-order valence-corrected chi connectivity index (χ2v) is 3.71. The van der Waals surface area contributed by atoms with E-state index in [4.69, 9.17) is 17.3 Å². The maximum atomic E-state index is 13.3. The van der Waals surface area contributed by atoms with E-state index < -0.39 is 0 Å². The van der Waals surface area contributed by atoms with E-state index in [1.807, 2.05) is 0 Å². The molecule has 3 N–H and O–H groups in total. The SMILES string of the molecule is Cc1ccc(Nc2nc(N)nc(Cl)n2)cc1F. The molecule has 17 heavy (non-hydrogen) atoms. The fourth-order valence-electron chi connectivity index (χ4n) is 1.22. The Kier molecular flexibility index (Phi) is 3.06. The van der Waals surface area contributed by atoms with E-state index in [9.17, 15) is 4.39 Å². The summed E-state index contributed by atoms with van der Waals surface area (Å²) < 4.78 is 13.3. The molecule has 0 radical (unpaired) electrons. The van der Waals surface area contributed by atoms with E-state index in [1.165, 1.54) is 6.07 Å². The van der Waals surface area contributed by atoms with Crippen molar-refractivity contribution in [3.05, 3.63) is 34.9 Å². The third-order valence-corrected chi connectivity index (χ3v) is 2.22. The molecule has 7 heteroatoms. The summed E-state index contributed by atoms with van der Waals surface area (Å²) in [6.07, 6.45) is 0. The molecule has 0 bridgehead atoms. The number of nitrogen functional groups attached to an aromatic ring is 1. The van der Waals surface area contributed by atoms with Crippen molar-refractivity contribution < 1.29 is 4.39 Å². The van der Waals surface area contributed by atoms with Gasteiger partial charge in [0.1, 0.15) is 5.82 Å². The third kappa shape index (κ3) is 2.79. The number of hydrogen-bond acceptors (Lipinski definition) is 5. The van der Waals surface area contributed by atoms with Crippen molar-refractivity contribution in [1.29, 1.82) is 0 Å². The number of hydrogen-bond donors (Lipinski definition) is 2. The van der Waals surface area contributed by atoms with Gasteiger partial charge >= 0.3 is 0 Å². The van der Waals surface area contributed by atoms with Crippen molar-refractivity contribution in [3.8, 4) is 0 Å². The number of halogens is 2. The van der Waals surface area contributed by atoms with Crippen LogP contribution in [0.5, 0.6) is 0 Å². The van der Waals surface area contributed by atoms with Crippen molar-refractivity contribution in [2.75, 3.05) is 11.1 Å². The molecule has 0 amide bonds. The smallest absolute Gasteiger partial charge is 0.233 e. The monoisotopic (exact) mass is 253 g/mol. The lowest BCUT2D eigenvalue weighted by Crippen LogP contribution is -2.03. The van der Waals surface area contributed by atoms with Crippen LogP contribution in [0.15, 0.2) is 18.2 Å². The molecule has 0 aliphatic carbocycles. The normalized spacial score (nSPS) is 10.3. The van der Waals surface area contributed by atoms with Gasteiger partial charge in [0.25, 0.3) is 0 Å². The number of nitrogens with zero attached hydrogens (tertiary/aromatic N) is 3. The first-order chi connectivity index (χ1) is 8.04. The van der Waals surface area contributed by atoms with Crippen molar-refractivity contribution in [3.63, 3.8) is 0 Å². The van der Waals surface area contributed by atoms with E-state index >= 15 is 0 Å². The third-order valence-electron chi connectivity index (χ3n) is 2.05. The van der Waals surface area contributed by atoms with Crippen LogP contribution in [-0.2, 0) is 0 Å². The zero-order valence-corrected chi connectivity index (χ0v) is 9.66. The number of nitrogens with two attached hydrogens (primary N) is 1. The second-order valence-electron chi connectivity index (χ2n) is 3.38. The van der Waals surface area contributed by atoms with E-state index in [1.54, 1.807) is 19.1 Å². The van der Waals surface area contributed by atoms with Gasteiger partial charge in [-0.3, -0.25) is 0 Å². The van der Waals surface area contributed by atoms with Gasteiger partial charge in [0.05, 0.1) is 0 Å². The first-order valence-corrected chi connectivity index (χ1v) is 5.12. The minimum absolute atomic E-state index is 0.0000774. The van der Waals surface area contributed by atoms with Crippen LogP contribution in [0.1, 0.15) is 5.56 Å². The molecule has 5 nitrogen and oxygen atoms in total. The van der Waals surface area contributed by atoms with Crippen LogP contribution < -0.4 is 11.1 Å². The van der Waals surface area contributed by atoms with Gasteiger partial charge in [-0.1, -0.05) is 6.07 Å². The molecule has 2 rings (SSSR count). The highest BCUT2D eigenvalue weighted by Crippen LogP contribution is 2.17. The van der Waals surface area contributed by atoms with Crippen LogP contribution in [0.2, 0.25) is 5.28 Å². The average molecular weight is 254 g/mol. The lowest BCUT2D eigenvalue weighted by atomic mass is 10.2. The number of anilines is 3. The van der Waals surface area contributed by atoms with Crippen LogP contribution in [0, 0.1) is 12.7 Å². The molecule has 0 aliphatic rings. The van der Waals surface area contributed by atoms with E-state index in [-0.39, 0.29) is 23.0 Å². The topological polar surface area (TPSA) is 76.7 Å². The predicted molar refractivity (Wildman–Crippen MR) is 63.7 cm³/mol. The maximum Gasteiger partial charge on any atom is 0.233 e.